The van der Waals surface area contributed by atoms with E-state index >= 15 is 0 Å². The molecule has 0 saturated carbocycles. The predicted octanol–water partition coefficient (Wildman–Crippen LogP) is 2.99. The van der Waals surface area contributed by atoms with E-state index in [9.17, 15) is 0 Å². The average Bonchev–Trinajstić information content (AvgIpc) is 2.48. The molecule has 1 aromatic carbocycles. The highest BCUT2D eigenvalue weighted by Crippen LogP contribution is 2.16. The number of piperidine rings is 1. The van der Waals surface area contributed by atoms with Crippen LogP contribution < -0.4 is 10.1 Å². The van der Waals surface area contributed by atoms with Crippen molar-refractivity contribution in [2.45, 2.75) is 38.6 Å². The van der Waals surface area contributed by atoms with Crippen molar-refractivity contribution in [3.05, 3.63) is 29.8 Å². The SMILES string of the molecule is COc1ccc(CCNC(=S)N2CCCCC2C)cc1. The summed E-state index contributed by atoms with van der Waals surface area (Å²) in [6.45, 7) is 4.24. The van der Waals surface area contributed by atoms with E-state index in [2.05, 4.69) is 29.3 Å². The summed E-state index contributed by atoms with van der Waals surface area (Å²) in [5.41, 5.74) is 1.30. The van der Waals surface area contributed by atoms with Crippen molar-refractivity contribution in [1.29, 1.82) is 0 Å². The molecule has 1 heterocycles. The molecule has 0 radical (unpaired) electrons. The molecule has 1 atom stereocenters. The lowest BCUT2D eigenvalue weighted by Gasteiger charge is -2.35. The maximum Gasteiger partial charge on any atom is 0.169 e. The largest absolute Gasteiger partial charge is 0.497 e. The zero-order valence-corrected chi connectivity index (χ0v) is 13.2. The van der Waals surface area contributed by atoms with Gasteiger partial charge in [0.2, 0.25) is 0 Å². The van der Waals surface area contributed by atoms with Crippen molar-refractivity contribution in [2.24, 2.45) is 0 Å². The number of benzene rings is 1. The van der Waals surface area contributed by atoms with Crippen LogP contribution in [0.2, 0.25) is 0 Å². The molecule has 110 valence electrons. The molecule has 1 aliphatic rings. The molecule has 4 heteroatoms. The monoisotopic (exact) mass is 292 g/mol. The van der Waals surface area contributed by atoms with E-state index in [4.69, 9.17) is 17.0 Å². The standard InChI is InChI=1S/C16H24N2OS/c1-13-5-3-4-12-18(13)16(20)17-11-10-14-6-8-15(19-2)9-7-14/h6-9,13H,3-5,10-12H2,1-2H3,(H,17,20). The topological polar surface area (TPSA) is 24.5 Å². The minimum Gasteiger partial charge on any atom is -0.497 e. The fraction of sp³-hybridized carbons (Fsp3) is 0.562. The van der Waals surface area contributed by atoms with Gasteiger partial charge in [-0.15, -0.1) is 0 Å². The summed E-state index contributed by atoms with van der Waals surface area (Å²) < 4.78 is 5.16. The maximum absolute atomic E-state index is 5.50. The molecule has 1 N–H and O–H groups in total. The Morgan fingerprint density at radius 2 is 2.10 bits per heavy atom. The molecule has 1 aliphatic heterocycles. The molecule has 1 unspecified atom stereocenters. The molecule has 0 aromatic heterocycles. The van der Waals surface area contributed by atoms with E-state index in [1.807, 2.05) is 12.1 Å². The van der Waals surface area contributed by atoms with Crippen LogP contribution in [0.5, 0.6) is 5.75 Å². The molecule has 1 saturated heterocycles. The quantitative estimate of drug-likeness (QED) is 0.862. The first-order valence-electron chi connectivity index (χ1n) is 7.38. The van der Waals surface area contributed by atoms with Crippen molar-refractivity contribution >= 4 is 17.3 Å². The Labute approximate surface area is 127 Å². The average molecular weight is 292 g/mol. The molecule has 0 spiro atoms. The number of nitrogens with one attached hydrogen (secondary N) is 1. The second-order valence-electron chi connectivity index (χ2n) is 5.37. The number of hydrogen-bond acceptors (Lipinski definition) is 2. The second-order valence-corrected chi connectivity index (χ2v) is 5.75. The van der Waals surface area contributed by atoms with Gasteiger partial charge in [-0.1, -0.05) is 12.1 Å². The summed E-state index contributed by atoms with van der Waals surface area (Å²) in [7, 11) is 1.69. The van der Waals surface area contributed by atoms with Crippen LogP contribution in [0.15, 0.2) is 24.3 Å². The minimum absolute atomic E-state index is 0.574. The summed E-state index contributed by atoms with van der Waals surface area (Å²) in [5, 5.41) is 4.29. The van der Waals surface area contributed by atoms with Crippen LogP contribution in [0, 0.1) is 0 Å². The van der Waals surface area contributed by atoms with Crippen molar-refractivity contribution in [2.75, 3.05) is 20.2 Å². The van der Waals surface area contributed by atoms with E-state index in [0.29, 0.717) is 6.04 Å². The van der Waals surface area contributed by atoms with Crippen LogP contribution >= 0.6 is 12.2 Å². The number of hydrogen-bond donors (Lipinski definition) is 1. The van der Waals surface area contributed by atoms with E-state index in [1.54, 1.807) is 7.11 Å². The van der Waals surface area contributed by atoms with E-state index in [1.165, 1.54) is 24.8 Å². The maximum atomic E-state index is 5.50. The lowest BCUT2D eigenvalue weighted by atomic mass is 10.0. The molecule has 20 heavy (non-hydrogen) atoms. The highest BCUT2D eigenvalue weighted by molar-refractivity contribution is 7.80. The van der Waals surface area contributed by atoms with Gasteiger partial charge in [-0.2, -0.15) is 0 Å². The second kappa shape index (κ2) is 7.48. The molecule has 2 rings (SSSR count). The first kappa shape index (κ1) is 15.1. The molecule has 0 amide bonds. The first-order chi connectivity index (χ1) is 9.70. The molecule has 1 aromatic rings. The Kier molecular flexibility index (Phi) is 5.65. The fourth-order valence-electron chi connectivity index (χ4n) is 2.61. The Morgan fingerprint density at radius 1 is 1.35 bits per heavy atom. The van der Waals surface area contributed by atoms with Crippen molar-refractivity contribution in [3.8, 4) is 5.75 Å². The van der Waals surface area contributed by atoms with Crippen LogP contribution in [0.4, 0.5) is 0 Å². The van der Waals surface area contributed by atoms with Gasteiger partial charge >= 0.3 is 0 Å². The summed E-state index contributed by atoms with van der Waals surface area (Å²) in [5.74, 6) is 0.902. The van der Waals surface area contributed by atoms with Gasteiger partial charge in [0, 0.05) is 19.1 Å². The molecule has 3 nitrogen and oxygen atoms in total. The number of likely N-dealkylation sites (tertiary alicyclic amines) is 1. The summed E-state index contributed by atoms with van der Waals surface area (Å²) >= 11 is 5.50. The Morgan fingerprint density at radius 3 is 2.75 bits per heavy atom. The fourth-order valence-corrected chi connectivity index (χ4v) is 2.98. The molecule has 0 bridgehead atoms. The van der Waals surface area contributed by atoms with Gasteiger partial charge in [-0.05, 0) is 62.5 Å². The Bertz CT molecular complexity index is 433. The number of nitrogens with zero attached hydrogens (tertiary/aromatic N) is 1. The van der Waals surface area contributed by atoms with Crippen LogP contribution in [0.3, 0.4) is 0 Å². The van der Waals surface area contributed by atoms with Gasteiger partial charge in [-0.3, -0.25) is 0 Å². The number of ether oxygens (including phenoxy) is 1. The van der Waals surface area contributed by atoms with Crippen LogP contribution in [-0.2, 0) is 6.42 Å². The number of methoxy groups -OCH3 is 1. The lowest BCUT2D eigenvalue weighted by molar-refractivity contribution is 0.255. The lowest BCUT2D eigenvalue weighted by Crippen LogP contribution is -2.47. The zero-order chi connectivity index (χ0) is 14.4. The van der Waals surface area contributed by atoms with E-state index in [-0.39, 0.29) is 0 Å². The van der Waals surface area contributed by atoms with Crippen molar-refractivity contribution in [1.82, 2.24) is 10.2 Å². The molecule has 0 aliphatic carbocycles. The molecular weight excluding hydrogens is 268 g/mol. The summed E-state index contributed by atoms with van der Waals surface area (Å²) in [4.78, 5) is 2.33. The smallest absolute Gasteiger partial charge is 0.169 e. The zero-order valence-electron chi connectivity index (χ0n) is 12.4. The van der Waals surface area contributed by atoms with Crippen molar-refractivity contribution < 1.29 is 4.74 Å². The van der Waals surface area contributed by atoms with Gasteiger partial charge in [0.25, 0.3) is 0 Å². The number of thiocarbonyl (C=S) groups is 1. The normalized spacial score (nSPS) is 18.7. The van der Waals surface area contributed by atoms with Crippen LogP contribution in [0.1, 0.15) is 31.7 Å². The summed E-state index contributed by atoms with van der Waals surface area (Å²) in [6.07, 6.45) is 4.81. The van der Waals surface area contributed by atoms with Gasteiger partial charge in [0.1, 0.15) is 5.75 Å². The third kappa shape index (κ3) is 4.10. The highest BCUT2D eigenvalue weighted by Gasteiger charge is 2.19. The predicted molar refractivity (Wildman–Crippen MR) is 87.3 cm³/mol. The van der Waals surface area contributed by atoms with Gasteiger partial charge < -0.3 is 15.0 Å². The Balaban J connectivity index is 1.75. The highest BCUT2D eigenvalue weighted by atomic mass is 32.1. The van der Waals surface area contributed by atoms with Gasteiger partial charge in [0.15, 0.2) is 5.11 Å². The van der Waals surface area contributed by atoms with Crippen LogP contribution in [-0.4, -0.2) is 36.3 Å². The van der Waals surface area contributed by atoms with Gasteiger partial charge in [-0.25, -0.2) is 0 Å². The minimum atomic E-state index is 0.574. The molecular formula is C16H24N2OS. The Hall–Kier alpha value is -1.29. The molecule has 1 fully saturated rings. The van der Waals surface area contributed by atoms with E-state index < -0.39 is 0 Å². The van der Waals surface area contributed by atoms with E-state index in [0.717, 1.165) is 30.4 Å². The third-order valence-corrected chi connectivity index (χ3v) is 4.29. The third-order valence-electron chi connectivity index (χ3n) is 3.91. The summed E-state index contributed by atoms with van der Waals surface area (Å²) in [6, 6.07) is 8.78. The number of rotatable bonds is 4. The van der Waals surface area contributed by atoms with Crippen LogP contribution in [0.25, 0.3) is 0 Å². The first-order valence-corrected chi connectivity index (χ1v) is 7.79. The van der Waals surface area contributed by atoms with Gasteiger partial charge in [0.05, 0.1) is 7.11 Å². The van der Waals surface area contributed by atoms with Crippen molar-refractivity contribution in [3.63, 3.8) is 0 Å².